The van der Waals surface area contributed by atoms with Crippen LogP contribution in [-0.2, 0) is 11.3 Å². The Bertz CT molecular complexity index is 543. The molecule has 0 saturated heterocycles. The minimum Gasteiger partial charge on any atom is -0.508 e. The molecular formula is C14H22N2O4. The SMILES string of the molecule is Cc1cc(O)cc(=O)n1CCN(C)C(=O)OC(C)(C)C. The summed E-state index contributed by atoms with van der Waals surface area (Å²) in [6.45, 7) is 7.82. The number of hydrogen-bond donors (Lipinski definition) is 1. The van der Waals surface area contributed by atoms with Gasteiger partial charge in [-0.3, -0.25) is 4.79 Å². The molecule has 1 rings (SSSR count). The Balaban J connectivity index is 2.69. The third-order valence-electron chi connectivity index (χ3n) is 2.68. The van der Waals surface area contributed by atoms with Gasteiger partial charge in [0.25, 0.3) is 5.56 Å². The predicted molar refractivity (Wildman–Crippen MR) is 76.0 cm³/mol. The average molecular weight is 282 g/mol. The van der Waals surface area contributed by atoms with Gasteiger partial charge in [-0.2, -0.15) is 0 Å². The fraction of sp³-hybridized carbons (Fsp3) is 0.571. The van der Waals surface area contributed by atoms with E-state index in [0.29, 0.717) is 18.8 Å². The van der Waals surface area contributed by atoms with E-state index in [9.17, 15) is 14.7 Å². The highest BCUT2D eigenvalue weighted by atomic mass is 16.6. The summed E-state index contributed by atoms with van der Waals surface area (Å²) in [4.78, 5) is 24.9. The van der Waals surface area contributed by atoms with Gasteiger partial charge in [-0.1, -0.05) is 0 Å². The van der Waals surface area contributed by atoms with E-state index in [2.05, 4.69) is 0 Å². The van der Waals surface area contributed by atoms with Gasteiger partial charge >= 0.3 is 6.09 Å². The summed E-state index contributed by atoms with van der Waals surface area (Å²) in [5, 5.41) is 9.31. The van der Waals surface area contributed by atoms with Crippen molar-refractivity contribution < 1.29 is 14.6 Å². The van der Waals surface area contributed by atoms with Gasteiger partial charge in [0.1, 0.15) is 11.4 Å². The third kappa shape index (κ3) is 4.60. The number of aryl methyl sites for hydroxylation is 1. The van der Waals surface area contributed by atoms with Crippen LogP contribution in [0, 0.1) is 6.92 Å². The maximum absolute atomic E-state index is 11.8. The van der Waals surface area contributed by atoms with Gasteiger partial charge in [0, 0.05) is 31.9 Å². The zero-order valence-electron chi connectivity index (χ0n) is 12.6. The van der Waals surface area contributed by atoms with Crippen molar-refractivity contribution in [1.82, 2.24) is 9.47 Å². The summed E-state index contributed by atoms with van der Waals surface area (Å²) in [5.74, 6) is -0.0516. The van der Waals surface area contributed by atoms with Crippen LogP contribution in [-0.4, -0.2) is 39.9 Å². The first-order valence-electron chi connectivity index (χ1n) is 6.45. The summed E-state index contributed by atoms with van der Waals surface area (Å²) in [7, 11) is 1.62. The zero-order valence-corrected chi connectivity index (χ0v) is 12.6. The maximum Gasteiger partial charge on any atom is 0.410 e. The molecule has 0 fully saturated rings. The molecule has 1 aromatic rings. The summed E-state index contributed by atoms with van der Waals surface area (Å²) < 4.78 is 6.73. The average Bonchev–Trinajstić information content (AvgIpc) is 2.24. The molecule has 0 aromatic carbocycles. The fourth-order valence-corrected chi connectivity index (χ4v) is 1.68. The Labute approximate surface area is 118 Å². The Hall–Kier alpha value is -1.98. The fourth-order valence-electron chi connectivity index (χ4n) is 1.68. The van der Waals surface area contributed by atoms with Crippen LogP contribution in [0.2, 0.25) is 0 Å². The van der Waals surface area contributed by atoms with Crippen molar-refractivity contribution in [3.63, 3.8) is 0 Å². The van der Waals surface area contributed by atoms with Gasteiger partial charge in [0.05, 0.1) is 0 Å². The summed E-state index contributed by atoms with van der Waals surface area (Å²) in [5.41, 5.74) is -0.191. The van der Waals surface area contributed by atoms with Crippen molar-refractivity contribution in [2.75, 3.05) is 13.6 Å². The molecule has 0 aliphatic rings. The third-order valence-corrected chi connectivity index (χ3v) is 2.68. The molecule has 1 heterocycles. The Kier molecular flexibility index (Phi) is 4.81. The Morgan fingerprint density at radius 3 is 2.50 bits per heavy atom. The second kappa shape index (κ2) is 5.98. The van der Waals surface area contributed by atoms with Gasteiger partial charge in [-0.15, -0.1) is 0 Å². The summed E-state index contributed by atoms with van der Waals surface area (Å²) in [6.07, 6.45) is -0.429. The maximum atomic E-state index is 11.8. The number of nitrogens with zero attached hydrogens (tertiary/aromatic N) is 2. The van der Waals surface area contributed by atoms with E-state index in [1.54, 1.807) is 34.7 Å². The number of hydrogen-bond acceptors (Lipinski definition) is 4. The Morgan fingerprint density at radius 2 is 2.00 bits per heavy atom. The number of amides is 1. The highest BCUT2D eigenvalue weighted by Crippen LogP contribution is 2.10. The molecule has 0 atom stereocenters. The number of ether oxygens (including phenoxy) is 1. The largest absolute Gasteiger partial charge is 0.508 e. The smallest absolute Gasteiger partial charge is 0.410 e. The molecule has 0 saturated carbocycles. The molecular weight excluding hydrogens is 260 g/mol. The van der Waals surface area contributed by atoms with Gasteiger partial charge < -0.3 is 19.3 Å². The van der Waals surface area contributed by atoms with Crippen molar-refractivity contribution in [3.8, 4) is 5.75 Å². The molecule has 0 radical (unpaired) electrons. The van der Waals surface area contributed by atoms with Crippen LogP contribution < -0.4 is 5.56 Å². The minimum absolute atomic E-state index is 0.0516. The highest BCUT2D eigenvalue weighted by molar-refractivity contribution is 5.67. The van der Waals surface area contributed by atoms with Crippen LogP contribution in [0.1, 0.15) is 26.5 Å². The first kappa shape index (κ1) is 16.1. The molecule has 20 heavy (non-hydrogen) atoms. The van der Waals surface area contributed by atoms with Crippen molar-refractivity contribution >= 4 is 6.09 Å². The second-order valence-electron chi connectivity index (χ2n) is 5.75. The van der Waals surface area contributed by atoms with E-state index < -0.39 is 11.7 Å². The van der Waals surface area contributed by atoms with Crippen LogP contribution in [0.25, 0.3) is 0 Å². The van der Waals surface area contributed by atoms with Crippen LogP contribution in [0.15, 0.2) is 16.9 Å². The quantitative estimate of drug-likeness (QED) is 0.916. The predicted octanol–water partition coefficient (Wildman–Crippen LogP) is 1.73. The number of aromatic nitrogens is 1. The molecule has 0 spiro atoms. The molecule has 0 aliphatic heterocycles. The van der Waals surface area contributed by atoms with Crippen molar-refractivity contribution in [1.29, 1.82) is 0 Å². The standard InChI is InChI=1S/C14H22N2O4/c1-10-8-11(17)9-12(18)16(10)7-6-15(5)13(19)20-14(2,3)4/h8-9,17H,6-7H2,1-5H3. The molecule has 0 unspecified atom stereocenters. The number of carbonyl (C=O) groups is 1. The van der Waals surface area contributed by atoms with E-state index in [1.165, 1.54) is 15.5 Å². The van der Waals surface area contributed by atoms with Crippen LogP contribution in [0.5, 0.6) is 5.75 Å². The van der Waals surface area contributed by atoms with Crippen molar-refractivity contribution in [3.05, 3.63) is 28.2 Å². The monoisotopic (exact) mass is 282 g/mol. The molecule has 6 heteroatoms. The second-order valence-corrected chi connectivity index (χ2v) is 5.75. The molecule has 1 aromatic heterocycles. The number of rotatable bonds is 3. The first-order valence-corrected chi connectivity index (χ1v) is 6.45. The van der Waals surface area contributed by atoms with Gasteiger partial charge in [0.2, 0.25) is 0 Å². The molecule has 0 bridgehead atoms. The minimum atomic E-state index is -0.545. The number of aromatic hydroxyl groups is 1. The first-order chi connectivity index (χ1) is 9.10. The molecule has 0 aliphatic carbocycles. The lowest BCUT2D eigenvalue weighted by Gasteiger charge is -2.25. The normalized spacial score (nSPS) is 11.2. The highest BCUT2D eigenvalue weighted by Gasteiger charge is 2.19. The van der Waals surface area contributed by atoms with Crippen LogP contribution >= 0.6 is 0 Å². The van der Waals surface area contributed by atoms with E-state index in [4.69, 9.17) is 4.74 Å². The lowest BCUT2D eigenvalue weighted by molar-refractivity contribution is 0.0293. The number of pyridine rings is 1. The number of carbonyl (C=O) groups excluding carboxylic acids is 1. The lowest BCUT2D eigenvalue weighted by Crippen LogP contribution is -2.37. The summed E-state index contributed by atoms with van der Waals surface area (Å²) in [6, 6.07) is 2.66. The van der Waals surface area contributed by atoms with Crippen molar-refractivity contribution in [2.45, 2.75) is 39.8 Å². The van der Waals surface area contributed by atoms with Crippen molar-refractivity contribution in [2.24, 2.45) is 0 Å². The van der Waals surface area contributed by atoms with E-state index in [0.717, 1.165) is 6.07 Å². The molecule has 1 N–H and O–H groups in total. The topological polar surface area (TPSA) is 71.8 Å². The van der Waals surface area contributed by atoms with E-state index in [1.807, 2.05) is 0 Å². The molecule has 1 amide bonds. The number of likely N-dealkylation sites (N-methyl/N-ethyl adjacent to an activating group) is 1. The van der Waals surface area contributed by atoms with E-state index in [-0.39, 0.29) is 11.3 Å². The van der Waals surface area contributed by atoms with Gasteiger partial charge in [0.15, 0.2) is 0 Å². The lowest BCUT2D eigenvalue weighted by atomic mass is 10.2. The molecule has 6 nitrogen and oxygen atoms in total. The van der Waals surface area contributed by atoms with Gasteiger partial charge in [-0.25, -0.2) is 4.79 Å². The molecule has 112 valence electrons. The van der Waals surface area contributed by atoms with Crippen LogP contribution in [0.3, 0.4) is 0 Å². The van der Waals surface area contributed by atoms with E-state index >= 15 is 0 Å². The van der Waals surface area contributed by atoms with Gasteiger partial charge in [-0.05, 0) is 33.8 Å². The Morgan fingerprint density at radius 1 is 1.40 bits per heavy atom. The summed E-state index contributed by atoms with van der Waals surface area (Å²) >= 11 is 0. The zero-order chi connectivity index (χ0) is 15.5. The van der Waals surface area contributed by atoms with Crippen LogP contribution in [0.4, 0.5) is 4.79 Å².